The Morgan fingerprint density at radius 1 is 0.276 bits per heavy atom. The molecule has 0 N–H and O–H groups in total. The predicted octanol–water partition coefficient (Wildman–Crippen LogP) is 15.9. The van der Waals surface area contributed by atoms with Crippen molar-refractivity contribution in [3.63, 3.8) is 0 Å². The number of anilines is 3. The summed E-state index contributed by atoms with van der Waals surface area (Å²) in [6, 6.07) is 84.2. The normalized spacial score (nSPS) is 11.1. The Hall–Kier alpha value is -7.68. The Morgan fingerprint density at radius 3 is 1.28 bits per heavy atom. The van der Waals surface area contributed by atoms with E-state index in [0.29, 0.717) is 0 Å². The van der Waals surface area contributed by atoms with Crippen LogP contribution in [0.2, 0.25) is 0 Å². The fourth-order valence-corrected chi connectivity index (χ4v) is 7.90. The van der Waals surface area contributed by atoms with Gasteiger partial charge in [-0.25, -0.2) is 0 Å². The molecule has 0 fully saturated rings. The third-order valence-electron chi connectivity index (χ3n) is 10.9. The number of nitrogens with zero attached hydrogens (tertiary/aromatic N) is 1. The molecule has 0 amide bonds. The molecule has 0 aliphatic heterocycles. The number of fused-ring (bicyclic) bond motifs is 1. The van der Waals surface area contributed by atoms with Gasteiger partial charge in [0.1, 0.15) is 11.3 Å². The van der Waals surface area contributed by atoms with E-state index in [1.54, 1.807) is 0 Å². The van der Waals surface area contributed by atoms with Crippen molar-refractivity contribution in [1.29, 1.82) is 0 Å². The fraction of sp³-hybridized carbons (Fsp3) is 0. The molecule has 0 saturated heterocycles. The number of furan rings is 1. The molecule has 0 unspecified atom stereocenters. The van der Waals surface area contributed by atoms with Crippen molar-refractivity contribution in [2.45, 2.75) is 0 Å². The number of para-hydroxylation sites is 2. The SMILES string of the molecule is c1ccc(-c2cccc(-c3ccc(N(c4ccc(-c5ccc(-c6cccc(-c7cc8ccccc8o7)c6)cc5)cc4)c4ccccc4-c4ccccc4)cc3)c2)cc1. The van der Waals surface area contributed by atoms with Crippen LogP contribution >= 0.6 is 0 Å². The molecule has 10 rings (SSSR count). The van der Waals surface area contributed by atoms with Crippen molar-refractivity contribution in [2.24, 2.45) is 0 Å². The zero-order chi connectivity index (χ0) is 38.7. The van der Waals surface area contributed by atoms with Crippen molar-refractivity contribution in [3.05, 3.63) is 237 Å². The second-order valence-electron chi connectivity index (χ2n) is 14.6. The van der Waals surface area contributed by atoms with Gasteiger partial charge in [0.05, 0.1) is 5.69 Å². The zero-order valence-electron chi connectivity index (χ0n) is 31.9. The topological polar surface area (TPSA) is 16.4 Å². The summed E-state index contributed by atoms with van der Waals surface area (Å²) in [4.78, 5) is 2.37. The van der Waals surface area contributed by atoms with Crippen molar-refractivity contribution in [1.82, 2.24) is 0 Å². The highest BCUT2D eigenvalue weighted by atomic mass is 16.3. The van der Waals surface area contributed by atoms with E-state index in [1.807, 2.05) is 18.2 Å². The maximum atomic E-state index is 6.17. The Kier molecular flexibility index (Phi) is 9.27. The third-order valence-corrected chi connectivity index (χ3v) is 10.9. The van der Waals surface area contributed by atoms with Gasteiger partial charge in [0, 0.05) is 27.9 Å². The average Bonchev–Trinajstić information content (AvgIpc) is 3.75. The van der Waals surface area contributed by atoms with Gasteiger partial charge in [-0.05, 0) is 105 Å². The van der Waals surface area contributed by atoms with Crippen LogP contribution in [0.5, 0.6) is 0 Å². The van der Waals surface area contributed by atoms with Gasteiger partial charge in [-0.3, -0.25) is 0 Å². The van der Waals surface area contributed by atoms with E-state index in [0.717, 1.165) is 56.0 Å². The van der Waals surface area contributed by atoms with E-state index in [9.17, 15) is 0 Å². The second-order valence-corrected chi connectivity index (χ2v) is 14.6. The molecule has 2 nitrogen and oxygen atoms in total. The highest BCUT2D eigenvalue weighted by molar-refractivity contribution is 5.89. The summed E-state index contributed by atoms with van der Waals surface area (Å²) < 4.78 is 6.17. The summed E-state index contributed by atoms with van der Waals surface area (Å²) in [5.41, 5.74) is 17.1. The number of rotatable bonds is 9. The number of hydrogen-bond acceptors (Lipinski definition) is 2. The molecular formula is C56H39NO. The molecule has 0 aliphatic rings. The van der Waals surface area contributed by atoms with Crippen LogP contribution in [-0.4, -0.2) is 0 Å². The summed E-state index contributed by atoms with van der Waals surface area (Å²) in [7, 11) is 0. The minimum absolute atomic E-state index is 0.879. The van der Waals surface area contributed by atoms with Crippen molar-refractivity contribution in [3.8, 4) is 67.0 Å². The highest BCUT2D eigenvalue weighted by Gasteiger charge is 2.18. The van der Waals surface area contributed by atoms with Gasteiger partial charge < -0.3 is 9.32 Å². The smallest absolute Gasteiger partial charge is 0.135 e. The molecule has 1 aromatic heterocycles. The molecule has 1 heterocycles. The maximum Gasteiger partial charge on any atom is 0.135 e. The van der Waals surface area contributed by atoms with E-state index in [4.69, 9.17) is 4.42 Å². The fourth-order valence-electron chi connectivity index (χ4n) is 7.90. The summed E-state index contributed by atoms with van der Waals surface area (Å²) in [5.74, 6) is 0.879. The van der Waals surface area contributed by atoms with Gasteiger partial charge in [0.25, 0.3) is 0 Å². The molecule has 0 saturated carbocycles. The van der Waals surface area contributed by atoms with Crippen molar-refractivity contribution < 1.29 is 4.42 Å². The van der Waals surface area contributed by atoms with Crippen LogP contribution in [0, 0.1) is 0 Å². The number of benzene rings is 9. The van der Waals surface area contributed by atoms with Crippen LogP contribution < -0.4 is 4.90 Å². The quantitative estimate of drug-likeness (QED) is 0.146. The van der Waals surface area contributed by atoms with Crippen LogP contribution in [0.15, 0.2) is 241 Å². The molecule has 9 aromatic carbocycles. The van der Waals surface area contributed by atoms with Gasteiger partial charge in [-0.15, -0.1) is 0 Å². The Bertz CT molecular complexity index is 2930. The first-order chi connectivity index (χ1) is 28.7. The monoisotopic (exact) mass is 741 g/mol. The van der Waals surface area contributed by atoms with Crippen LogP contribution in [0.25, 0.3) is 77.9 Å². The Morgan fingerprint density at radius 2 is 0.690 bits per heavy atom. The Labute approximate surface area is 339 Å². The summed E-state index contributed by atoms with van der Waals surface area (Å²) >= 11 is 0. The highest BCUT2D eigenvalue weighted by Crippen LogP contribution is 2.42. The van der Waals surface area contributed by atoms with Crippen LogP contribution in [0.4, 0.5) is 17.1 Å². The summed E-state index contributed by atoms with van der Waals surface area (Å²) in [6.07, 6.45) is 0. The maximum absolute atomic E-state index is 6.17. The van der Waals surface area contributed by atoms with E-state index >= 15 is 0 Å². The summed E-state index contributed by atoms with van der Waals surface area (Å²) in [5, 5.41) is 1.11. The van der Waals surface area contributed by atoms with E-state index in [-0.39, 0.29) is 0 Å². The minimum Gasteiger partial charge on any atom is -0.456 e. The van der Waals surface area contributed by atoms with E-state index in [2.05, 4.69) is 223 Å². The van der Waals surface area contributed by atoms with Crippen LogP contribution in [0.3, 0.4) is 0 Å². The molecular weight excluding hydrogens is 703 g/mol. The minimum atomic E-state index is 0.879. The lowest BCUT2D eigenvalue weighted by molar-refractivity contribution is 0.631. The number of hydrogen-bond donors (Lipinski definition) is 0. The molecule has 10 aromatic rings. The van der Waals surface area contributed by atoms with Gasteiger partial charge in [0.15, 0.2) is 0 Å². The Balaban J connectivity index is 0.964. The van der Waals surface area contributed by atoms with E-state index in [1.165, 1.54) is 38.9 Å². The van der Waals surface area contributed by atoms with Crippen LogP contribution in [-0.2, 0) is 0 Å². The molecule has 274 valence electrons. The lowest BCUT2D eigenvalue weighted by atomic mass is 9.97. The average molecular weight is 742 g/mol. The lowest BCUT2D eigenvalue weighted by Gasteiger charge is -2.28. The van der Waals surface area contributed by atoms with Crippen LogP contribution in [0.1, 0.15) is 0 Å². The first-order valence-corrected chi connectivity index (χ1v) is 19.7. The first-order valence-electron chi connectivity index (χ1n) is 19.7. The van der Waals surface area contributed by atoms with E-state index < -0.39 is 0 Å². The third kappa shape index (κ3) is 7.00. The first kappa shape index (κ1) is 34.8. The van der Waals surface area contributed by atoms with Gasteiger partial charge in [-0.2, -0.15) is 0 Å². The van der Waals surface area contributed by atoms with Crippen molar-refractivity contribution >= 4 is 28.0 Å². The predicted molar refractivity (Wildman–Crippen MR) is 244 cm³/mol. The standard InChI is InChI=1S/C56H39NO/c1-3-13-40(14-4-1)46-18-11-19-47(37-46)44-31-35-52(36-32-44)57(54-23-9-8-22-53(54)45-15-5-2-6-16-45)51-33-29-42(30-34-51)41-25-27-43(28-26-41)48-20-12-21-49(38-48)56-39-50-17-7-10-24-55(50)58-56/h1-39H. The molecule has 0 bridgehead atoms. The van der Waals surface area contributed by atoms with Gasteiger partial charge in [0.2, 0.25) is 0 Å². The second kappa shape index (κ2) is 15.5. The molecule has 0 radical (unpaired) electrons. The van der Waals surface area contributed by atoms with Crippen molar-refractivity contribution in [2.75, 3.05) is 4.90 Å². The lowest BCUT2D eigenvalue weighted by Crippen LogP contribution is -2.11. The zero-order valence-corrected chi connectivity index (χ0v) is 31.9. The molecule has 0 aliphatic carbocycles. The van der Waals surface area contributed by atoms with Gasteiger partial charge in [-0.1, -0.05) is 182 Å². The molecule has 2 heteroatoms. The van der Waals surface area contributed by atoms with Gasteiger partial charge >= 0.3 is 0 Å². The summed E-state index contributed by atoms with van der Waals surface area (Å²) in [6.45, 7) is 0. The molecule has 0 atom stereocenters. The molecule has 58 heavy (non-hydrogen) atoms. The molecule has 0 spiro atoms. The largest absolute Gasteiger partial charge is 0.456 e.